The first-order chi connectivity index (χ1) is 9.19. The Balaban J connectivity index is 2.57. The second-order valence-corrected chi connectivity index (χ2v) is 4.55. The summed E-state index contributed by atoms with van der Waals surface area (Å²) >= 11 is 0. The second kappa shape index (κ2) is 5.91. The van der Waals surface area contributed by atoms with Gasteiger partial charge >= 0.3 is 5.63 Å². The summed E-state index contributed by atoms with van der Waals surface area (Å²) in [5.41, 5.74) is 2.49. The van der Waals surface area contributed by atoms with Crippen LogP contribution in [0.2, 0.25) is 0 Å². The van der Waals surface area contributed by atoms with Crippen molar-refractivity contribution in [2.75, 3.05) is 18.0 Å². The molecular formula is C16H20NO2. The van der Waals surface area contributed by atoms with E-state index in [4.69, 9.17) is 4.42 Å². The fraction of sp³-hybridized carbons (Fsp3) is 0.375. The van der Waals surface area contributed by atoms with Crippen molar-refractivity contribution in [3.63, 3.8) is 0 Å². The predicted molar refractivity (Wildman–Crippen MR) is 79.7 cm³/mol. The number of anilines is 1. The summed E-state index contributed by atoms with van der Waals surface area (Å²) < 4.78 is 5.33. The lowest BCUT2D eigenvalue weighted by molar-refractivity contribution is 0.558. The van der Waals surface area contributed by atoms with Crippen molar-refractivity contribution in [2.45, 2.75) is 26.7 Å². The van der Waals surface area contributed by atoms with E-state index in [2.05, 4.69) is 31.7 Å². The number of aryl methyl sites for hydroxylation is 1. The first kappa shape index (κ1) is 13.7. The number of nitrogens with zero attached hydrogens (tertiary/aromatic N) is 1. The zero-order valence-electron chi connectivity index (χ0n) is 11.6. The Hall–Kier alpha value is -1.77. The molecule has 0 atom stereocenters. The van der Waals surface area contributed by atoms with E-state index in [1.165, 1.54) is 0 Å². The molecular weight excluding hydrogens is 238 g/mol. The molecule has 0 N–H and O–H groups in total. The minimum atomic E-state index is -0.285. The van der Waals surface area contributed by atoms with Crippen LogP contribution in [0.4, 0.5) is 5.69 Å². The number of fused-ring (bicyclic) bond motifs is 1. The maximum absolute atomic E-state index is 11.6. The maximum atomic E-state index is 11.6. The average Bonchev–Trinajstić information content (AvgIpc) is 2.40. The zero-order valence-corrected chi connectivity index (χ0v) is 11.6. The molecule has 1 aromatic carbocycles. The number of hydrogen-bond acceptors (Lipinski definition) is 3. The Labute approximate surface area is 113 Å². The fourth-order valence-electron chi connectivity index (χ4n) is 2.40. The first-order valence-corrected chi connectivity index (χ1v) is 6.80. The molecule has 1 aromatic heterocycles. The Kier molecular flexibility index (Phi) is 4.25. The van der Waals surface area contributed by atoms with Gasteiger partial charge in [0.2, 0.25) is 0 Å². The molecule has 0 fully saturated rings. The molecule has 101 valence electrons. The van der Waals surface area contributed by atoms with Crippen LogP contribution >= 0.6 is 0 Å². The van der Waals surface area contributed by atoms with Gasteiger partial charge in [0.1, 0.15) is 5.58 Å². The van der Waals surface area contributed by atoms with E-state index in [0.717, 1.165) is 42.6 Å². The van der Waals surface area contributed by atoms with Gasteiger partial charge in [0.05, 0.1) is 0 Å². The molecule has 0 unspecified atom stereocenters. The van der Waals surface area contributed by atoms with Gasteiger partial charge in [-0.25, -0.2) is 4.79 Å². The summed E-state index contributed by atoms with van der Waals surface area (Å²) in [4.78, 5) is 13.8. The highest BCUT2D eigenvalue weighted by Crippen LogP contribution is 2.24. The van der Waals surface area contributed by atoms with Gasteiger partial charge in [0.15, 0.2) is 0 Å². The molecule has 0 saturated heterocycles. The van der Waals surface area contributed by atoms with Crippen LogP contribution in [0, 0.1) is 6.92 Å². The maximum Gasteiger partial charge on any atom is 0.336 e. The first-order valence-electron chi connectivity index (χ1n) is 6.80. The van der Waals surface area contributed by atoms with Crippen molar-refractivity contribution in [2.24, 2.45) is 0 Å². The highest BCUT2D eigenvalue weighted by Gasteiger charge is 2.08. The molecule has 2 rings (SSSR count). The minimum absolute atomic E-state index is 0.285. The lowest BCUT2D eigenvalue weighted by atomic mass is 10.1. The van der Waals surface area contributed by atoms with E-state index in [1.807, 2.05) is 12.1 Å². The summed E-state index contributed by atoms with van der Waals surface area (Å²) in [5.74, 6) is 0. The SMILES string of the molecule is [CH2]CCc1cc(=O)oc2cc(N(CC)CC)ccc12. The lowest BCUT2D eigenvalue weighted by Crippen LogP contribution is -2.21. The fourth-order valence-corrected chi connectivity index (χ4v) is 2.40. The van der Waals surface area contributed by atoms with Gasteiger partial charge in [-0.3, -0.25) is 0 Å². The highest BCUT2D eigenvalue weighted by molar-refractivity contribution is 5.83. The predicted octanol–water partition coefficient (Wildman–Crippen LogP) is 3.41. The van der Waals surface area contributed by atoms with Crippen LogP contribution in [0.1, 0.15) is 25.8 Å². The molecule has 3 nitrogen and oxygen atoms in total. The van der Waals surface area contributed by atoms with Crippen molar-refractivity contribution < 1.29 is 4.42 Å². The summed E-state index contributed by atoms with van der Waals surface area (Å²) in [6.45, 7) is 9.95. The lowest BCUT2D eigenvalue weighted by Gasteiger charge is -2.21. The zero-order chi connectivity index (χ0) is 13.8. The molecule has 19 heavy (non-hydrogen) atoms. The van der Waals surface area contributed by atoms with E-state index in [-0.39, 0.29) is 5.63 Å². The van der Waals surface area contributed by atoms with Gasteiger partial charge in [0, 0.05) is 36.3 Å². The van der Waals surface area contributed by atoms with Crippen LogP contribution < -0.4 is 10.5 Å². The molecule has 0 spiro atoms. The number of hydrogen-bond donors (Lipinski definition) is 0. The Morgan fingerprint density at radius 3 is 2.58 bits per heavy atom. The van der Waals surface area contributed by atoms with Crippen LogP contribution in [0.5, 0.6) is 0 Å². The molecule has 0 aliphatic rings. The number of benzene rings is 1. The van der Waals surface area contributed by atoms with E-state index >= 15 is 0 Å². The molecule has 0 aliphatic heterocycles. The van der Waals surface area contributed by atoms with E-state index in [0.29, 0.717) is 5.58 Å². The smallest absolute Gasteiger partial charge is 0.336 e. The molecule has 2 aromatic rings. The van der Waals surface area contributed by atoms with Gasteiger partial charge in [-0.15, -0.1) is 0 Å². The van der Waals surface area contributed by atoms with Crippen molar-refractivity contribution in [1.82, 2.24) is 0 Å². The monoisotopic (exact) mass is 258 g/mol. The normalized spacial score (nSPS) is 10.9. The number of rotatable bonds is 5. The Bertz CT molecular complexity index is 612. The largest absolute Gasteiger partial charge is 0.423 e. The van der Waals surface area contributed by atoms with Crippen LogP contribution in [0.15, 0.2) is 33.5 Å². The van der Waals surface area contributed by atoms with Gasteiger partial charge in [-0.1, -0.05) is 6.92 Å². The van der Waals surface area contributed by atoms with Crippen molar-refractivity contribution >= 4 is 16.7 Å². The Morgan fingerprint density at radius 2 is 1.95 bits per heavy atom. The average molecular weight is 258 g/mol. The Morgan fingerprint density at radius 1 is 1.21 bits per heavy atom. The summed E-state index contributed by atoms with van der Waals surface area (Å²) in [7, 11) is 0. The summed E-state index contributed by atoms with van der Waals surface area (Å²) in [6.07, 6.45) is 1.57. The van der Waals surface area contributed by atoms with Crippen LogP contribution in [-0.2, 0) is 6.42 Å². The van der Waals surface area contributed by atoms with E-state index < -0.39 is 0 Å². The van der Waals surface area contributed by atoms with Gasteiger partial charge in [-0.05, 0) is 44.4 Å². The van der Waals surface area contributed by atoms with Gasteiger partial charge in [-0.2, -0.15) is 0 Å². The molecule has 0 saturated carbocycles. The van der Waals surface area contributed by atoms with Gasteiger partial charge in [0.25, 0.3) is 0 Å². The van der Waals surface area contributed by atoms with Crippen molar-refractivity contribution in [3.05, 3.63) is 47.2 Å². The molecule has 3 heteroatoms. The van der Waals surface area contributed by atoms with Crippen molar-refractivity contribution in [1.29, 1.82) is 0 Å². The molecule has 0 aliphatic carbocycles. The molecule has 1 radical (unpaired) electrons. The second-order valence-electron chi connectivity index (χ2n) is 4.55. The van der Waals surface area contributed by atoms with Crippen molar-refractivity contribution in [3.8, 4) is 0 Å². The van der Waals surface area contributed by atoms with Crippen LogP contribution in [0.25, 0.3) is 11.0 Å². The van der Waals surface area contributed by atoms with Gasteiger partial charge < -0.3 is 9.32 Å². The third-order valence-corrected chi connectivity index (χ3v) is 3.39. The topological polar surface area (TPSA) is 33.5 Å². The minimum Gasteiger partial charge on any atom is -0.423 e. The highest BCUT2D eigenvalue weighted by atomic mass is 16.4. The standard InChI is InChI=1S/C16H20NO2/c1-4-7-12-10-16(18)19-15-11-13(8-9-14(12)15)17(5-2)6-3/h8-11H,1,4-7H2,2-3H3. The third-order valence-electron chi connectivity index (χ3n) is 3.39. The molecule has 0 amide bonds. The van der Waals surface area contributed by atoms with E-state index in [9.17, 15) is 4.79 Å². The molecule has 1 heterocycles. The summed E-state index contributed by atoms with van der Waals surface area (Å²) in [6, 6.07) is 7.65. The quantitative estimate of drug-likeness (QED) is 0.771. The van der Waals surface area contributed by atoms with E-state index in [1.54, 1.807) is 6.07 Å². The third kappa shape index (κ3) is 2.80. The van der Waals surface area contributed by atoms with Crippen LogP contribution in [0.3, 0.4) is 0 Å². The summed E-state index contributed by atoms with van der Waals surface area (Å²) in [5, 5.41) is 1.01. The molecule has 0 bridgehead atoms. The van der Waals surface area contributed by atoms with Crippen LogP contribution in [-0.4, -0.2) is 13.1 Å².